The predicted molar refractivity (Wildman–Crippen MR) is 131 cm³/mol. The number of hydrogen-bond acceptors (Lipinski definition) is 7. The van der Waals surface area contributed by atoms with Gasteiger partial charge in [0, 0.05) is 30.4 Å². The van der Waals surface area contributed by atoms with Crippen LogP contribution in [0.1, 0.15) is 41.5 Å². The zero-order valence-electron chi connectivity index (χ0n) is 19.9. The van der Waals surface area contributed by atoms with Crippen molar-refractivity contribution in [3.8, 4) is 0 Å². The molecule has 1 amide bonds. The number of carbonyl (C=O) groups is 2. The van der Waals surface area contributed by atoms with Gasteiger partial charge in [-0.05, 0) is 37.1 Å². The Morgan fingerprint density at radius 1 is 1.17 bits per heavy atom. The van der Waals surface area contributed by atoms with Crippen LogP contribution in [-0.4, -0.2) is 37.4 Å². The molecule has 0 N–H and O–H groups in total. The molecule has 36 heavy (non-hydrogen) atoms. The molecular weight excluding hydrogens is 466 g/mol. The van der Waals surface area contributed by atoms with Crippen molar-refractivity contribution in [2.75, 3.05) is 6.61 Å². The van der Waals surface area contributed by atoms with E-state index in [1.54, 1.807) is 35.9 Å². The zero-order chi connectivity index (χ0) is 26.0. The van der Waals surface area contributed by atoms with Gasteiger partial charge in [0.15, 0.2) is 5.49 Å². The Kier molecular flexibility index (Phi) is 6.73. The molecule has 0 atom stereocenters. The fourth-order valence-electron chi connectivity index (χ4n) is 3.81. The Morgan fingerprint density at radius 2 is 1.94 bits per heavy atom. The van der Waals surface area contributed by atoms with Crippen molar-refractivity contribution in [1.82, 2.24) is 14.0 Å². The average molecular weight is 489 g/mol. The van der Waals surface area contributed by atoms with Crippen molar-refractivity contribution in [3.63, 3.8) is 0 Å². The number of hydrogen-bond donors (Lipinski definition) is 0. The third-order valence-corrected chi connectivity index (χ3v) is 5.34. The van der Waals surface area contributed by atoms with Crippen molar-refractivity contribution in [3.05, 3.63) is 91.8 Å². The van der Waals surface area contributed by atoms with Crippen LogP contribution >= 0.6 is 0 Å². The number of rotatable bonds is 6. The van der Waals surface area contributed by atoms with Gasteiger partial charge in [-0.25, -0.2) is 9.78 Å². The Morgan fingerprint density at radius 3 is 2.64 bits per heavy atom. The van der Waals surface area contributed by atoms with Gasteiger partial charge in [0.1, 0.15) is 16.9 Å². The highest BCUT2D eigenvalue weighted by atomic mass is 16.6. The van der Waals surface area contributed by atoms with E-state index in [-0.39, 0.29) is 52.4 Å². The molecule has 0 radical (unpaired) electrons. The third kappa shape index (κ3) is 4.63. The maximum Gasteiger partial charge on any atom is 0.341 e. The third-order valence-electron chi connectivity index (χ3n) is 5.34. The van der Waals surface area contributed by atoms with Gasteiger partial charge in [-0.15, -0.1) is 0 Å². The number of nitro benzene ring substituents is 1. The molecular formula is C25H23N5O6. The van der Waals surface area contributed by atoms with E-state index in [0.717, 1.165) is 6.07 Å². The molecule has 0 unspecified atom stereocenters. The van der Waals surface area contributed by atoms with Crippen LogP contribution in [0.3, 0.4) is 0 Å². The molecule has 1 aromatic carbocycles. The second kappa shape index (κ2) is 9.90. The fraction of sp³-hybridized carbons (Fsp3) is 0.240. The number of ether oxygens (including phenoxy) is 1. The highest BCUT2D eigenvalue weighted by Crippen LogP contribution is 2.16. The Balaban J connectivity index is 2.11. The predicted octanol–water partition coefficient (Wildman–Crippen LogP) is 3.13. The molecule has 0 saturated heterocycles. The maximum atomic E-state index is 13.3. The number of esters is 1. The van der Waals surface area contributed by atoms with Crippen LogP contribution in [0, 0.1) is 16.0 Å². The van der Waals surface area contributed by atoms with Gasteiger partial charge in [0.05, 0.1) is 16.9 Å². The van der Waals surface area contributed by atoms with E-state index in [2.05, 4.69) is 9.98 Å². The number of pyridine rings is 2. The standard InChI is InChI=1S/C25H23N5O6/c1-4-36-25(33)19-13-18-21(26-20-10-5-6-11-28(20)24(18)32)29(14-15(2)3)22(19)27-23(31)16-8-7-9-17(12-16)30(34)35/h5-13,15H,4,14H2,1-3H3. The first kappa shape index (κ1) is 24.5. The molecule has 11 heteroatoms. The van der Waals surface area contributed by atoms with Gasteiger partial charge in [-0.1, -0.05) is 26.0 Å². The summed E-state index contributed by atoms with van der Waals surface area (Å²) in [5, 5.41) is 11.3. The molecule has 11 nitrogen and oxygen atoms in total. The van der Waals surface area contributed by atoms with E-state index in [1.165, 1.54) is 28.7 Å². The van der Waals surface area contributed by atoms with Gasteiger partial charge in [-0.3, -0.25) is 24.1 Å². The summed E-state index contributed by atoms with van der Waals surface area (Å²) >= 11 is 0. The van der Waals surface area contributed by atoms with E-state index in [4.69, 9.17) is 4.74 Å². The molecule has 0 bridgehead atoms. The van der Waals surface area contributed by atoms with Crippen molar-refractivity contribution in [2.45, 2.75) is 27.3 Å². The topological polar surface area (TPSA) is 138 Å². The maximum absolute atomic E-state index is 13.3. The minimum atomic E-state index is -0.793. The minimum absolute atomic E-state index is 0.0218. The number of carbonyl (C=O) groups excluding carboxylic acids is 2. The van der Waals surface area contributed by atoms with E-state index < -0.39 is 22.4 Å². The largest absolute Gasteiger partial charge is 0.462 e. The lowest BCUT2D eigenvalue weighted by molar-refractivity contribution is -0.384. The van der Waals surface area contributed by atoms with Gasteiger partial charge in [-0.2, -0.15) is 4.99 Å². The van der Waals surface area contributed by atoms with Crippen molar-refractivity contribution >= 4 is 34.2 Å². The molecule has 0 saturated carbocycles. The van der Waals surface area contributed by atoms with E-state index in [1.807, 2.05) is 13.8 Å². The van der Waals surface area contributed by atoms with E-state index >= 15 is 0 Å². The molecule has 0 spiro atoms. The van der Waals surface area contributed by atoms with Crippen LogP contribution in [0.4, 0.5) is 5.69 Å². The SMILES string of the molecule is CCOC(=O)c1cc2c(=O)n3ccccc3nc2n(CC(C)C)c1=NC(=O)c1cccc([N+](=O)[O-])c1. The van der Waals surface area contributed by atoms with Crippen molar-refractivity contribution in [2.24, 2.45) is 10.9 Å². The molecule has 0 fully saturated rings. The number of non-ortho nitro benzene ring substituents is 1. The number of nitrogens with zero attached hydrogens (tertiary/aromatic N) is 5. The number of fused-ring (bicyclic) bond motifs is 2. The summed E-state index contributed by atoms with van der Waals surface area (Å²) in [7, 11) is 0. The first-order valence-corrected chi connectivity index (χ1v) is 11.3. The highest BCUT2D eigenvalue weighted by molar-refractivity contribution is 5.97. The highest BCUT2D eigenvalue weighted by Gasteiger charge is 2.21. The van der Waals surface area contributed by atoms with Gasteiger partial charge < -0.3 is 9.30 Å². The minimum Gasteiger partial charge on any atom is -0.462 e. The van der Waals surface area contributed by atoms with Crippen molar-refractivity contribution in [1.29, 1.82) is 0 Å². The Labute approximate surface area is 204 Å². The van der Waals surface area contributed by atoms with Gasteiger partial charge >= 0.3 is 5.97 Å². The monoisotopic (exact) mass is 489 g/mol. The Bertz CT molecular complexity index is 1650. The molecule has 4 aromatic rings. The lowest BCUT2D eigenvalue weighted by atomic mass is 10.1. The van der Waals surface area contributed by atoms with Crippen LogP contribution in [0.2, 0.25) is 0 Å². The second-order valence-corrected chi connectivity index (χ2v) is 8.41. The number of amides is 1. The van der Waals surface area contributed by atoms with E-state index in [0.29, 0.717) is 5.65 Å². The summed E-state index contributed by atoms with van der Waals surface area (Å²) in [6.07, 6.45) is 1.57. The summed E-state index contributed by atoms with van der Waals surface area (Å²) in [5.74, 6) is -1.53. The summed E-state index contributed by atoms with van der Waals surface area (Å²) < 4.78 is 8.12. The first-order valence-electron chi connectivity index (χ1n) is 11.3. The normalized spacial score (nSPS) is 11.8. The van der Waals surface area contributed by atoms with E-state index in [9.17, 15) is 24.5 Å². The smallest absolute Gasteiger partial charge is 0.341 e. The van der Waals surface area contributed by atoms with Crippen LogP contribution in [-0.2, 0) is 11.3 Å². The quantitative estimate of drug-likeness (QED) is 0.175. The van der Waals surface area contributed by atoms with Gasteiger partial charge in [0.25, 0.3) is 17.2 Å². The second-order valence-electron chi connectivity index (χ2n) is 8.41. The summed E-state index contributed by atoms with van der Waals surface area (Å²) in [6.45, 7) is 5.83. The van der Waals surface area contributed by atoms with Crippen LogP contribution in [0.25, 0.3) is 16.7 Å². The molecule has 3 aromatic heterocycles. The number of benzene rings is 1. The summed E-state index contributed by atoms with van der Waals surface area (Å²) in [6, 6.07) is 11.6. The number of nitro groups is 1. The zero-order valence-corrected chi connectivity index (χ0v) is 19.9. The van der Waals surface area contributed by atoms with Crippen LogP contribution < -0.4 is 11.0 Å². The van der Waals surface area contributed by atoms with Crippen LogP contribution in [0.15, 0.2) is 64.5 Å². The lowest BCUT2D eigenvalue weighted by Gasteiger charge is -2.16. The molecule has 0 aliphatic carbocycles. The fourth-order valence-corrected chi connectivity index (χ4v) is 3.81. The molecule has 4 rings (SSSR count). The molecule has 0 aliphatic rings. The number of aromatic nitrogens is 3. The average Bonchev–Trinajstić information content (AvgIpc) is 2.85. The molecule has 184 valence electrons. The Hall–Kier alpha value is -4.67. The first-order chi connectivity index (χ1) is 17.2. The summed E-state index contributed by atoms with van der Waals surface area (Å²) in [5.41, 5.74) is -0.184. The van der Waals surface area contributed by atoms with Gasteiger partial charge in [0.2, 0.25) is 0 Å². The van der Waals surface area contributed by atoms with Crippen molar-refractivity contribution < 1.29 is 19.2 Å². The lowest BCUT2D eigenvalue weighted by Crippen LogP contribution is -2.33. The molecule has 3 heterocycles. The summed E-state index contributed by atoms with van der Waals surface area (Å²) in [4.78, 5) is 58.8. The molecule has 0 aliphatic heterocycles. The van der Waals surface area contributed by atoms with Crippen LogP contribution in [0.5, 0.6) is 0 Å².